The average Bonchev–Trinajstić information content (AvgIpc) is 2.56. The molecule has 0 aliphatic carbocycles. The van der Waals surface area contributed by atoms with Crippen molar-refractivity contribution in [2.45, 2.75) is 13.5 Å². The van der Waals surface area contributed by atoms with Gasteiger partial charge in [-0.25, -0.2) is 4.79 Å². The Kier molecular flexibility index (Phi) is 2.35. The number of amides is 2. The summed E-state index contributed by atoms with van der Waals surface area (Å²) in [5.74, 6) is 0. The van der Waals surface area contributed by atoms with Crippen LogP contribution in [0.5, 0.6) is 0 Å². The standard InChI is InChI=1S/C10H13N3O/c1-8-2-3-11-6-9(8)7-13-5-4-12-10(13)14/h2-3,6H,4-5,7H2,1H3,(H,12,14). The first-order chi connectivity index (χ1) is 6.77. The first-order valence-electron chi connectivity index (χ1n) is 4.69. The van der Waals surface area contributed by atoms with Gasteiger partial charge in [0.05, 0.1) is 0 Å². The van der Waals surface area contributed by atoms with Gasteiger partial charge in [0.25, 0.3) is 0 Å². The normalized spacial score (nSPS) is 15.8. The molecule has 0 atom stereocenters. The number of aromatic nitrogens is 1. The van der Waals surface area contributed by atoms with Crippen molar-refractivity contribution in [2.75, 3.05) is 13.1 Å². The molecule has 4 heteroatoms. The predicted octanol–water partition coefficient (Wildman–Crippen LogP) is 0.915. The molecule has 1 aromatic rings. The number of hydrogen-bond donors (Lipinski definition) is 1. The van der Waals surface area contributed by atoms with Crippen LogP contribution in [0.3, 0.4) is 0 Å². The Morgan fingerprint density at radius 3 is 3.14 bits per heavy atom. The molecule has 1 aliphatic heterocycles. The minimum atomic E-state index is 0.0215. The Labute approximate surface area is 82.9 Å². The van der Waals surface area contributed by atoms with Crippen LogP contribution in [0, 0.1) is 6.92 Å². The monoisotopic (exact) mass is 191 g/mol. The molecule has 1 saturated heterocycles. The maximum atomic E-state index is 11.3. The smallest absolute Gasteiger partial charge is 0.317 e. The molecule has 2 amide bonds. The van der Waals surface area contributed by atoms with E-state index in [1.807, 2.05) is 19.2 Å². The van der Waals surface area contributed by atoms with Crippen LogP contribution in [0.1, 0.15) is 11.1 Å². The molecule has 4 nitrogen and oxygen atoms in total. The molecule has 0 spiro atoms. The van der Waals surface area contributed by atoms with E-state index in [0.717, 1.165) is 18.7 Å². The zero-order valence-corrected chi connectivity index (χ0v) is 8.16. The third kappa shape index (κ3) is 1.69. The summed E-state index contributed by atoms with van der Waals surface area (Å²) in [6, 6.07) is 1.98. The molecule has 1 fully saturated rings. The Bertz CT molecular complexity index is 351. The molecule has 0 bridgehead atoms. The van der Waals surface area contributed by atoms with E-state index in [2.05, 4.69) is 10.3 Å². The zero-order valence-electron chi connectivity index (χ0n) is 8.16. The van der Waals surface area contributed by atoms with Crippen molar-refractivity contribution in [1.82, 2.24) is 15.2 Å². The van der Waals surface area contributed by atoms with Gasteiger partial charge in [0, 0.05) is 32.0 Å². The highest BCUT2D eigenvalue weighted by atomic mass is 16.2. The number of carbonyl (C=O) groups excluding carboxylic acids is 1. The third-order valence-electron chi connectivity index (χ3n) is 2.45. The molecule has 1 aromatic heterocycles. The molecule has 1 aliphatic rings. The maximum absolute atomic E-state index is 11.3. The van der Waals surface area contributed by atoms with Gasteiger partial charge < -0.3 is 10.2 Å². The molecule has 0 aromatic carbocycles. The topological polar surface area (TPSA) is 45.2 Å². The Morgan fingerprint density at radius 1 is 1.64 bits per heavy atom. The van der Waals surface area contributed by atoms with Crippen molar-refractivity contribution in [3.63, 3.8) is 0 Å². The highest BCUT2D eigenvalue weighted by Gasteiger charge is 2.19. The Morgan fingerprint density at radius 2 is 2.50 bits per heavy atom. The van der Waals surface area contributed by atoms with E-state index in [0.29, 0.717) is 6.54 Å². The van der Waals surface area contributed by atoms with Gasteiger partial charge >= 0.3 is 6.03 Å². The lowest BCUT2D eigenvalue weighted by Crippen LogP contribution is -2.27. The lowest BCUT2D eigenvalue weighted by Gasteiger charge is -2.14. The molecule has 2 heterocycles. The Hall–Kier alpha value is -1.58. The molecule has 14 heavy (non-hydrogen) atoms. The van der Waals surface area contributed by atoms with E-state index in [1.54, 1.807) is 11.1 Å². The lowest BCUT2D eigenvalue weighted by atomic mass is 10.1. The molecule has 0 unspecified atom stereocenters. The summed E-state index contributed by atoms with van der Waals surface area (Å²) in [6.45, 7) is 4.22. The van der Waals surface area contributed by atoms with Crippen molar-refractivity contribution in [2.24, 2.45) is 0 Å². The number of rotatable bonds is 2. The highest BCUT2D eigenvalue weighted by molar-refractivity contribution is 5.76. The maximum Gasteiger partial charge on any atom is 0.317 e. The summed E-state index contributed by atoms with van der Waals surface area (Å²) in [5.41, 5.74) is 2.30. The van der Waals surface area contributed by atoms with Crippen LogP contribution in [0.4, 0.5) is 4.79 Å². The molecule has 74 valence electrons. The number of carbonyl (C=O) groups is 1. The minimum absolute atomic E-state index is 0.0215. The van der Waals surface area contributed by atoms with Gasteiger partial charge in [-0.2, -0.15) is 0 Å². The zero-order chi connectivity index (χ0) is 9.97. The van der Waals surface area contributed by atoms with Crippen LogP contribution >= 0.6 is 0 Å². The van der Waals surface area contributed by atoms with E-state index < -0.39 is 0 Å². The van der Waals surface area contributed by atoms with E-state index in [1.165, 1.54) is 5.56 Å². The summed E-state index contributed by atoms with van der Waals surface area (Å²) in [5, 5.41) is 2.78. The van der Waals surface area contributed by atoms with Crippen LogP contribution < -0.4 is 5.32 Å². The van der Waals surface area contributed by atoms with Crippen molar-refractivity contribution in [3.8, 4) is 0 Å². The fraction of sp³-hybridized carbons (Fsp3) is 0.400. The first-order valence-corrected chi connectivity index (χ1v) is 4.69. The predicted molar refractivity (Wildman–Crippen MR) is 52.8 cm³/mol. The second kappa shape index (κ2) is 3.65. The van der Waals surface area contributed by atoms with E-state index in [9.17, 15) is 4.79 Å². The molecule has 0 saturated carbocycles. The second-order valence-electron chi connectivity index (χ2n) is 3.46. The third-order valence-corrected chi connectivity index (χ3v) is 2.45. The number of aryl methyl sites for hydroxylation is 1. The Balaban J connectivity index is 2.10. The van der Waals surface area contributed by atoms with Crippen LogP contribution in [-0.4, -0.2) is 29.0 Å². The van der Waals surface area contributed by atoms with Crippen LogP contribution in [0.25, 0.3) is 0 Å². The van der Waals surface area contributed by atoms with Gasteiger partial charge in [-0.15, -0.1) is 0 Å². The van der Waals surface area contributed by atoms with Crippen molar-refractivity contribution in [3.05, 3.63) is 29.6 Å². The molecular weight excluding hydrogens is 178 g/mol. The molecule has 2 rings (SSSR count). The molecular formula is C10H13N3O. The SMILES string of the molecule is Cc1ccncc1CN1CCNC1=O. The van der Waals surface area contributed by atoms with Crippen LogP contribution in [0.15, 0.2) is 18.5 Å². The fourth-order valence-electron chi connectivity index (χ4n) is 1.53. The van der Waals surface area contributed by atoms with E-state index >= 15 is 0 Å². The fourth-order valence-corrected chi connectivity index (χ4v) is 1.53. The van der Waals surface area contributed by atoms with Gasteiger partial charge in [-0.1, -0.05) is 0 Å². The number of nitrogens with one attached hydrogen (secondary N) is 1. The highest BCUT2D eigenvalue weighted by Crippen LogP contribution is 2.10. The van der Waals surface area contributed by atoms with Crippen molar-refractivity contribution in [1.29, 1.82) is 0 Å². The van der Waals surface area contributed by atoms with Crippen molar-refractivity contribution >= 4 is 6.03 Å². The number of hydrogen-bond acceptors (Lipinski definition) is 2. The number of nitrogens with zero attached hydrogens (tertiary/aromatic N) is 2. The summed E-state index contributed by atoms with van der Waals surface area (Å²) in [7, 11) is 0. The number of urea groups is 1. The van der Waals surface area contributed by atoms with Crippen molar-refractivity contribution < 1.29 is 4.79 Å². The van der Waals surface area contributed by atoms with Crippen LogP contribution in [-0.2, 0) is 6.54 Å². The first kappa shape index (κ1) is 8.99. The quantitative estimate of drug-likeness (QED) is 0.755. The van der Waals surface area contributed by atoms with Gasteiger partial charge in [-0.05, 0) is 24.1 Å². The van der Waals surface area contributed by atoms with Gasteiger partial charge in [0.1, 0.15) is 0 Å². The summed E-state index contributed by atoms with van der Waals surface area (Å²) in [4.78, 5) is 17.1. The summed E-state index contributed by atoms with van der Waals surface area (Å²) < 4.78 is 0. The van der Waals surface area contributed by atoms with Gasteiger partial charge in [0.2, 0.25) is 0 Å². The van der Waals surface area contributed by atoms with Gasteiger partial charge in [-0.3, -0.25) is 4.98 Å². The van der Waals surface area contributed by atoms with E-state index in [4.69, 9.17) is 0 Å². The number of pyridine rings is 1. The lowest BCUT2D eigenvalue weighted by molar-refractivity contribution is 0.215. The van der Waals surface area contributed by atoms with E-state index in [-0.39, 0.29) is 6.03 Å². The van der Waals surface area contributed by atoms with Crippen LogP contribution in [0.2, 0.25) is 0 Å². The van der Waals surface area contributed by atoms with Gasteiger partial charge in [0.15, 0.2) is 0 Å². The minimum Gasteiger partial charge on any atom is -0.336 e. The summed E-state index contributed by atoms with van der Waals surface area (Å²) >= 11 is 0. The average molecular weight is 191 g/mol. The molecule has 0 radical (unpaired) electrons. The largest absolute Gasteiger partial charge is 0.336 e. The second-order valence-corrected chi connectivity index (χ2v) is 3.46. The summed E-state index contributed by atoms with van der Waals surface area (Å²) in [6.07, 6.45) is 3.59. The molecule has 1 N–H and O–H groups in total.